The molecule has 1 aromatic rings. The summed E-state index contributed by atoms with van der Waals surface area (Å²) >= 11 is 0. The van der Waals surface area contributed by atoms with E-state index >= 15 is 0 Å². The predicted octanol–water partition coefficient (Wildman–Crippen LogP) is 4.04. The average Bonchev–Trinajstić information content (AvgIpc) is 2.42. The second kappa shape index (κ2) is 9.93. The van der Waals surface area contributed by atoms with Crippen LogP contribution in [0.3, 0.4) is 0 Å². The van der Waals surface area contributed by atoms with Crippen LogP contribution in [0.25, 0.3) is 0 Å². The van der Waals surface area contributed by atoms with Crippen molar-refractivity contribution in [2.75, 3.05) is 0 Å². The van der Waals surface area contributed by atoms with Gasteiger partial charge in [-0.1, -0.05) is 51.9 Å². The first-order valence-electron chi connectivity index (χ1n) is 7.66. The minimum atomic E-state index is 0.190. The molecular formula is C16H29N3. The van der Waals surface area contributed by atoms with Crippen LogP contribution >= 0.6 is 0 Å². The fraction of sp³-hybridized carbons (Fsp3) is 0.688. The van der Waals surface area contributed by atoms with Crippen molar-refractivity contribution >= 4 is 0 Å². The Morgan fingerprint density at radius 3 is 2.47 bits per heavy atom. The quantitative estimate of drug-likeness (QED) is 0.380. The van der Waals surface area contributed by atoms with E-state index in [1.807, 2.05) is 12.3 Å². The Morgan fingerprint density at radius 2 is 1.84 bits per heavy atom. The summed E-state index contributed by atoms with van der Waals surface area (Å²) in [4.78, 5) is 4.41. The van der Waals surface area contributed by atoms with Gasteiger partial charge in [0.2, 0.25) is 0 Å². The molecule has 0 radical (unpaired) electrons. The summed E-state index contributed by atoms with van der Waals surface area (Å²) in [6, 6.07) is 4.33. The van der Waals surface area contributed by atoms with Crippen molar-refractivity contribution in [1.82, 2.24) is 10.4 Å². The van der Waals surface area contributed by atoms with Crippen LogP contribution in [-0.2, 0) is 0 Å². The third kappa shape index (κ3) is 6.69. The first kappa shape index (κ1) is 16.1. The van der Waals surface area contributed by atoms with Gasteiger partial charge in [0.1, 0.15) is 0 Å². The topological polar surface area (TPSA) is 50.9 Å². The average molecular weight is 263 g/mol. The Balaban J connectivity index is 2.22. The second-order valence-corrected chi connectivity index (χ2v) is 5.39. The molecule has 1 atom stereocenters. The number of hydrazine groups is 1. The maximum absolute atomic E-state index is 5.65. The lowest BCUT2D eigenvalue weighted by Gasteiger charge is -2.15. The van der Waals surface area contributed by atoms with E-state index in [2.05, 4.69) is 30.3 Å². The zero-order chi connectivity index (χ0) is 13.9. The SMILES string of the molecule is CCCCCCCCCC(NN)c1cc(C)ccn1. The van der Waals surface area contributed by atoms with Crippen LogP contribution in [0, 0.1) is 6.92 Å². The third-order valence-electron chi connectivity index (χ3n) is 3.59. The van der Waals surface area contributed by atoms with Gasteiger partial charge in [-0.15, -0.1) is 0 Å². The molecule has 0 aliphatic heterocycles. The van der Waals surface area contributed by atoms with Gasteiger partial charge < -0.3 is 0 Å². The van der Waals surface area contributed by atoms with E-state index in [1.165, 1.54) is 50.5 Å². The van der Waals surface area contributed by atoms with Crippen LogP contribution in [-0.4, -0.2) is 4.98 Å². The molecule has 0 aliphatic rings. The number of aryl methyl sites for hydroxylation is 1. The summed E-state index contributed by atoms with van der Waals surface area (Å²) in [6.07, 6.45) is 12.2. The first-order valence-corrected chi connectivity index (χ1v) is 7.66. The summed E-state index contributed by atoms with van der Waals surface area (Å²) in [5, 5.41) is 0. The van der Waals surface area contributed by atoms with E-state index in [0.717, 1.165) is 12.1 Å². The van der Waals surface area contributed by atoms with Crippen LogP contribution in [0.15, 0.2) is 18.3 Å². The number of hydrogen-bond acceptors (Lipinski definition) is 3. The lowest BCUT2D eigenvalue weighted by molar-refractivity contribution is 0.467. The molecule has 0 spiro atoms. The lowest BCUT2D eigenvalue weighted by atomic mass is 10.0. The molecule has 1 unspecified atom stereocenters. The highest BCUT2D eigenvalue weighted by molar-refractivity contribution is 5.17. The normalized spacial score (nSPS) is 12.6. The Bertz CT molecular complexity index is 339. The summed E-state index contributed by atoms with van der Waals surface area (Å²) in [7, 11) is 0. The molecule has 0 aromatic carbocycles. The fourth-order valence-electron chi connectivity index (χ4n) is 2.37. The zero-order valence-electron chi connectivity index (χ0n) is 12.5. The Morgan fingerprint density at radius 1 is 1.16 bits per heavy atom. The fourth-order valence-corrected chi connectivity index (χ4v) is 2.37. The van der Waals surface area contributed by atoms with E-state index in [1.54, 1.807) is 0 Å². The minimum absolute atomic E-state index is 0.190. The van der Waals surface area contributed by atoms with Gasteiger partial charge in [-0.05, 0) is 31.0 Å². The monoisotopic (exact) mass is 263 g/mol. The van der Waals surface area contributed by atoms with Gasteiger partial charge in [-0.3, -0.25) is 16.3 Å². The van der Waals surface area contributed by atoms with Gasteiger partial charge in [0.25, 0.3) is 0 Å². The Hall–Kier alpha value is -0.930. The Labute approximate surface area is 118 Å². The van der Waals surface area contributed by atoms with Gasteiger partial charge in [0.05, 0.1) is 11.7 Å². The van der Waals surface area contributed by atoms with Crippen molar-refractivity contribution in [3.8, 4) is 0 Å². The molecule has 0 aliphatic carbocycles. The molecule has 1 rings (SSSR count). The number of nitrogens with zero attached hydrogens (tertiary/aromatic N) is 1. The molecule has 0 bridgehead atoms. The molecule has 108 valence electrons. The molecule has 0 saturated heterocycles. The van der Waals surface area contributed by atoms with Crippen molar-refractivity contribution in [2.45, 2.75) is 71.3 Å². The Kier molecular flexibility index (Phi) is 8.43. The van der Waals surface area contributed by atoms with Crippen LogP contribution in [0.4, 0.5) is 0 Å². The van der Waals surface area contributed by atoms with Crippen LogP contribution in [0.1, 0.15) is 75.6 Å². The number of rotatable bonds is 10. The van der Waals surface area contributed by atoms with Crippen LogP contribution < -0.4 is 11.3 Å². The van der Waals surface area contributed by atoms with E-state index < -0.39 is 0 Å². The molecular weight excluding hydrogens is 234 g/mol. The van der Waals surface area contributed by atoms with Gasteiger partial charge in [0.15, 0.2) is 0 Å². The molecule has 3 nitrogen and oxygen atoms in total. The second-order valence-electron chi connectivity index (χ2n) is 5.39. The number of nitrogens with one attached hydrogen (secondary N) is 1. The van der Waals surface area contributed by atoms with Gasteiger partial charge in [-0.2, -0.15) is 0 Å². The van der Waals surface area contributed by atoms with Gasteiger partial charge >= 0.3 is 0 Å². The number of hydrogen-bond donors (Lipinski definition) is 2. The number of aromatic nitrogens is 1. The summed E-state index contributed by atoms with van der Waals surface area (Å²) in [6.45, 7) is 4.35. The molecule has 0 amide bonds. The van der Waals surface area contributed by atoms with E-state index in [-0.39, 0.29) is 6.04 Å². The predicted molar refractivity (Wildman–Crippen MR) is 81.6 cm³/mol. The summed E-state index contributed by atoms with van der Waals surface area (Å²) in [5.74, 6) is 5.65. The first-order chi connectivity index (χ1) is 9.27. The van der Waals surface area contributed by atoms with E-state index in [9.17, 15) is 0 Å². The molecule has 0 fully saturated rings. The smallest absolute Gasteiger partial charge is 0.0632 e. The van der Waals surface area contributed by atoms with E-state index in [4.69, 9.17) is 5.84 Å². The highest BCUT2D eigenvalue weighted by Gasteiger charge is 2.10. The third-order valence-corrected chi connectivity index (χ3v) is 3.59. The molecule has 19 heavy (non-hydrogen) atoms. The minimum Gasteiger partial charge on any atom is -0.271 e. The zero-order valence-corrected chi connectivity index (χ0v) is 12.5. The standard InChI is InChI=1S/C16H29N3/c1-3-4-5-6-7-8-9-10-15(19-17)16-13-14(2)11-12-18-16/h11-13,15,19H,3-10,17H2,1-2H3. The number of unbranched alkanes of at least 4 members (excludes halogenated alkanes) is 6. The van der Waals surface area contributed by atoms with Crippen LogP contribution in [0.2, 0.25) is 0 Å². The van der Waals surface area contributed by atoms with Crippen molar-refractivity contribution in [2.24, 2.45) is 5.84 Å². The van der Waals surface area contributed by atoms with Crippen molar-refractivity contribution < 1.29 is 0 Å². The summed E-state index contributed by atoms with van der Waals surface area (Å²) < 4.78 is 0. The number of pyridine rings is 1. The van der Waals surface area contributed by atoms with Crippen molar-refractivity contribution in [3.63, 3.8) is 0 Å². The van der Waals surface area contributed by atoms with E-state index in [0.29, 0.717) is 0 Å². The van der Waals surface area contributed by atoms with Gasteiger partial charge in [0, 0.05) is 6.20 Å². The maximum atomic E-state index is 5.65. The maximum Gasteiger partial charge on any atom is 0.0632 e. The molecule has 3 N–H and O–H groups in total. The lowest BCUT2D eigenvalue weighted by Crippen LogP contribution is -2.28. The molecule has 3 heteroatoms. The molecule has 1 heterocycles. The van der Waals surface area contributed by atoms with Gasteiger partial charge in [-0.25, -0.2) is 0 Å². The highest BCUT2D eigenvalue weighted by atomic mass is 15.2. The molecule has 0 saturated carbocycles. The number of nitrogens with two attached hydrogens (primary N) is 1. The largest absolute Gasteiger partial charge is 0.271 e. The molecule has 1 aromatic heterocycles. The highest BCUT2D eigenvalue weighted by Crippen LogP contribution is 2.18. The van der Waals surface area contributed by atoms with Crippen LogP contribution in [0.5, 0.6) is 0 Å². The van der Waals surface area contributed by atoms with Crippen molar-refractivity contribution in [1.29, 1.82) is 0 Å². The summed E-state index contributed by atoms with van der Waals surface area (Å²) in [5.41, 5.74) is 5.20. The van der Waals surface area contributed by atoms with Crippen molar-refractivity contribution in [3.05, 3.63) is 29.6 Å².